The number of nitrogens with zero attached hydrogens (tertiary/aromatic N) is 3. The van der Waals surface area contributed by atoms with Gasteiger partial charge in [-0.05, 0) is 38.8 Å². The Labute approximate surface area is 148 Å². The molecule has 4 rings (SSSR count). The highest BCUT2D eigenvalue weighted by atomic mass is 16.5. The van der Waals surface area contributed by atoms with Crippen molar-refractivity contribution in [3.63, 3.8) is 0 Å². The quantitative estimate of drug-likeness (QED) is 0.832. The van der Waals surface area contributed by atoms with E-state index >= 15 is 0 Å². The highest BCUT2D eigenvalue weighted by molar-refractivity contribution is 5.21. The average molecular weight is 343 g/mol. The first-order chi connectivity index (χ1) is 12.2. The molecule has 0 radical (unpaired) electrons. The van der Waals surface area contributed by atoms with Crippen molar-refractivity contribution in [2.45, 2.75) is 58.1 Å². The topological polar surface area (TPSA) is 60.6 Å². The van der Waals surface area contributed by atoms with Crippen LogP contribution in [0.5, 0.6) is 0 Å². The van der Waals surface area contributed by atoms with Crippen LogP contribution in [0, 0.1) is 13.8 Å². The van der Waals surface area contributed by atoms with E-state index in [1.54, 1.807) is 6.20 Å². The molecule has 0 bridgehead atoms. The molecule has 0 amide bonds. The van der Waals surface area contributed by atoms with E-state index in [1.165, 1.54) is 5.56 Å². The first-order valence-corrected chi connectivity index (χ1v) is 9.01. The van der Waals surface area contributed by atoms with Crippen LogP contribution >= 0.6 is 0 Å². The Morgan fingerprint density at radius 2 is 2.20 bits per heavy atom. The van der Waals surface area contributed by atoms with Crippen LogP contribution in [0.2, 0.25) is 0 Å². The molecule has 2 fully saturated rings. The fraction of sp³-hybridized carbons (Fsp3) is 0.579. The molecule has 134 valence electrons. The molecular formula is C19H25N3O3. The minimum Gasteiger partial charge on any atom is -0.373 e. The fourth-order valence-electron chi connectivity index (χ4n) is 3.97. The Bertz CT molecular complexity index is 684. The van der Waals surface area contributed by atoms with E-state index in [-0.39, 0.29) is 12.2 Å². The number of pyridine rings is 1. The molecule has 1 aliphatic heterocycles. The van der Waals surface area contributed by atoms with Gasteiger partial charge in [-0.1, -0.05) is 11.2 Å². The monoisotopic (exact) mass is 343 g/mol. The van der Waals surface area contributed by atoms with Crippen molar-refractivity contribution >= 4 is 0 Å². The molecule has 0 N–H and O–H groups in total. The van der Waals surface area contributed by atoms with E-state index in [4.69, 9.17) is 14.0 Å². The molecular weight excluding hydrogens is 318 g/mol. The standard InChI is InChI=1S/C19H25N3O3/c1-13-16(14(2)25-21-13)11-22-9-10-23-19-17(22)6-7-18(19)24-12-15-5-3-4-8-20-15/h3-5,8,17-19H,6-7,9-12H2,1-2H3/t17-,18-,19+/m1/s1. The number of morpholine rings is 1. The van der Waals surface area contributed by atoms with Gasteiger partial charge in [-0.3, -0.25) is 9.88 Å². The first-order valence-electron chi connectivity index (χ1n) is 9.01. The van der Waals surface area contributed by atoms with Crippen LogP contribution in [0.1, 0.15) is 35.6 Å². The summed E-state index contributed by atoms with van der Waals surface area (Å²) in [7, 11) is 0. The molecule has 1 aliphatic carbocycles. The summed E-state index contributed by atoms with van der Waals surface area (Å²) in [5.41, 5.74) is 3.16. The van der Waals surface area contributed by atoms with Gasteiger partial charge in [0.05, 0.1) is 36.8 Å². The molecule has 1 saturated carbocycles. The lowest BCUT2D eigenvalue weighted by atomic mass is 10.1. The van der Waals surface area contributed by atoms with Crippen LogP contribution in [0.4, 0.5) is 0 Å². The van der Waals surface area contributed by atoms with Gasteiger partial charge in [-0.25, -0.2) is 0 Å². The van der Waals surface area contributed by atoms with Crippen LogP contribution in [-0.2, 0) is 22.6 Å². The zero-order chi connectivity index (χ0) is 17.2. The Hall–Kier alpha value is -1.76. The third kappa shape index (κ3) is 3.47. The highest BCUT2D eigenvalue weighted by Gasteiger charge is 2.43. The van der Waals surface area contributed by atoms with Gasteiger partial charge in [0.15, 0.2) is 0 Å². The minimum absolute atomic E-state index is 0.137. The molecule has 25 heavy (non-hydrogen) atoms. The number of ether oxygens (including phenoxy) is 2. The first kappa shape index (κ1) is 16.7. The molecule has 3 heterocycles. The van der Waals surface area contributed by atoms with Crippen molar-refractivity contribution in [2.24, 2.45) is 0 Å². The van der Waals surface area contributed by atoms with Crippen molar-refractivity contribution in [3.8, 4) is 0 Å². The lowest BCUT2D eigenvalue weighted by Gasteiger charge is -2.39. The summed E-state index contributed by atoms with van der Waals surface area (Å²) in [6.07, 6.45) is 4.21. The van der Waals surface area contributed by atoms with Gasteiger partial charge >= 0.3 is 0 Å². The summed E-state index contributed by atoms with van der Waals surface area (Å²) in [5, 5.41) is 4.08. The van der Waals surface area contributed by atoms with E-state index in [0.29, 0.717) is 12.6 Å². The maximum absolute atomic E-state index is 6.14. The van der Waals surface area contributed by atoms with Gasteiger partial charge in [-0.2, -0.15) is 0 Å². The zero-order valence-electron chi connectivity index (χ0n) is 14.9. The summed E-state index contributed by atoms with van der Waals surface area (Å²) >= 11 is 0. The van der Waals surface area contributed by atoms with Gasteiger partial charge in [0.2, 0.25) is 0 Å². The summed E-state index contributed by atoms with van der Waals surface area (Å²) in [6, 6.07) is 6.31. The molecule has 1 saturated heterocycles. The number of rotatable bonds is 5. The number of aromatic nitrogens is 2. The van der Waals surface area contributed by atoms with Crippen molar-refractivity contribution in [1.82, 2.24) is 15.0 Å². The third-order valence-corrected chi connectivity index (χ3v) is 5.36. The van der Waals surface area contributed by atoms with E-state index < -0.39 is 0 Å². The van der Waals surface area contributed by atoms with Crippen molar-refractivity contribution in [3.05, 3.63) is 47.1 Å². The van der Waals surface area contributed by atoms with Crippen LogP contribution in [-0.4, -0.2) is 46.4 Å². The van der Waals surface area contributed by atoms with Gasteiger partial charge in [-0.15, -0.1) is 0 Å². The van der Waals surface area contributed by atoms with E-state index in [0.717, 1.165) is 49.7 Å². The smallest absolute Gasteiger partial charge is 0.138 e. The predicted molar refractivity (Wildman–Crippen MR) is 92.0 cm³/mol. The predicted octanol–water partition coefficient (Wildman–Crippen LogP) is 2.64. The summed E-state index contributed by atoms with van der Waals surface area (Å²) in [4.78, 5) is 6.84. The van der Waals surface area contributed by atoms with E-state index in [2.05, 4.69) is 15.0 Å². The molecule has 3 atom stereocenters. The fourth-order valence-corrected chi connectivity index (χ4v) is 3.97. The average Bonchev–Trinajstić information content (AvgIpc) is 3.20. The highest BCUT2D eigenvalue weighted by Crippen LogP contribution is 2.34. The SMILES string of the molecule is Cc1noc(C)c1CN1CCO[C@H]2[C@H]1CC[C@H]2OCc1ccccn1. The second-order valence-corrected chi connectivity index (χ2v) is 6.92. The van der Waals surface area contributed by atoms with Gasteiger partial charge in [0.25, 0.3) is 0 Å². The summed E-state index contributed by atoms with van der Waals surface area (Å²) < 4.78 is 17.5. The molecule has 0 spiro atoms. The largest absolute Gasteiger partial charge is 0.373 e. The van der Waals surface area contributed by atoms with Crippen LogP contribution in [0.3, 0.4) is 0 Å². The van der Waals surface area contributed by atoms with E-state index in [9.17, 15) is 0 Å². The van der Waals surface area contributed by atoms with Gasteiger partial charge in [0.1, 0.15) is 5.76 Å². The third-order valence-electron chi connectivity index (χ3n) is 5.36. The molecule has 2 aliphatic rings. The van der Waals surface area contributed by atoms with Crippen molar-refractivity contribution < 1.29 is 14.0 Å². The normalized spacial score (nSPS) is 26.7. The Morgan fingerprint density at radius 1 is 1.28 bits per heavy atom. The van der Waals surface area contributed by atoms with Gasteiger partial charge in [0, 0.05) is 30.9 Å². The zero-order valence-corrected chi connectivity index (χ0v) is 14.9. The number of fused-ring (bicyclic) bond motifs is 1. The number of aryl methyl sites for hydroxylation is 2. The van der Waals surface area contributed by atoms with Crippen molar-refractivity contribution in [1.29, 1.82) is 0 Å². The Balaban J connectivity index is 1.40. The Morgan fingerprint density at radius 3 is 2.96 bits per heavy atom. The lowest BCUT2D eigenvalue weighted by molar-refractivity contribution is -0.119. The summed E-state index contributed by atoms with van der Waals surface area (Å²) in [5.74, 6) is 0.918. The lowest BCUT2D eigenvalue weighted by Crippen LogP contribution is -2.51. The molecule has 6 nitrogen and oxygen atoms in total. The molecule has 2 aromatic rings. The molecule has 6 heteroatoms. The molecule has 0 aromatic carbocycles. The van der Waals surface area contributed by atoms with Crippen LogP contribution in [0.15, 0.2) is 28.9 Å². The summed E-state index contributed by atoms with van der Waals surface area (Å²) in [6.45, 7) is 7.10. The second-order valence-electron chi connectivity index (χ2n) is 6.92. The number of hydrogen-bond acceptors (Lipinski definition) is 6. The maximum atomic E-state index is 6.14. The maximum Gasteiger partial charge on any atom is 0.138 e. The van der Waals surface area contributed by atoms with Crippen LogP contribution < -0.4 is 0 Å². The minimum atomic E-state index is 0.137. The van der Waals surface area contributed by atoms with Gasteiger partial charge < -0.3 is 14.0 Å². The number of hydrogen-bond donors (Lipinski definition) is 0. The second kappa shape index (κ2) is 7.23. The van der Waals surface area contributed by atoms with Crippen molar-refractivity contribution in [2.75, 3.05) is 13.2 Å². The van der Waals surface area contributed by atoms with Crippen LogP contribution in [0.25, 0.3) is 0 Å². The Kier molecular flexibility index (Phi) is 4.83. The van der Waals surface area contributed by atoms with E-state index in [1.807, 2.05) is 32.0 Å². The molecule has 0 unspecified atom stereocenters. The molecule has 2 aromatic heterocycles.